The molecule has 1 aliphatic carbocycles. The Morgan fingerprint density at radius 2 is 1.82 bits per heavy atom. The van der Waals surface area contributed by atoms with Crippen molar-refractivity contribution < 1.29 is 19.0 Å². The minimum Gasteiger partial charge on any atom is -0.490 e. The van der Waals surface area contributed by atoms with Gasteiger partial charge in [-0.05, 0) is 31.7 Å². The first-order valence-electron chi connectivity index (χ1n) is 11.3. The number of carbonyl (C=O) groups is 1. The van der Waals surface area contributed by atoms with Gasteiger partial charge in [0.2, 0.25) is 5.88 Å². The molecule has 2 aromatic heterocycles. The molecule has 0 spiro atoms. The van der Waals surface area contributed by atoms with Crippen LogP contribution >= 0.6 is 0 Å². The highest BCUT2D eigenvalue weighted by molar-refractivity contribution is 5.83. The average Bonchev–Trinajstić information content (AvgIpc) is 3.23. The van der Waals surface area contributed by atoms with Crippen molar-refractivity contribution in [3.63, 3.8) is 0 Å². The molecule has 8 nitrogen and oxygen atoms in total. The SMILES string of the molecule is CCOc1cc(OC(=O)OC)nn2c(-c3ccccc3)c(-c3ccc(C4(N)CCC4)cc3)nc12. The van der Waals surface area contributed by atoms with Gasteiger partial charge in [-0.3, -0.25) is 0 Å². The van der Waals surface area contributed by atoms with Crippen molar-refractivity contribution in [2.45, 2.75) is 31.7 Å². The van der Waals surface area contributed by atoms with Crippen LogP contribution in [0.5, 0.6) is 11.6 Å². The molecule has 174 valence electrons. The Kier molecular flexibility index (Phi) is 5.67. The van der Waals surface area contributed by atoms with Gasteiger partial charge in [0.25, 0.3) is 0 Å². The van der Waals surface area contributed by atoms with Crippen LogP contribution < -0.4 is 15.2 Å². The summed E-state index contributed by atoms with van der Waals surface area (Å²) in [5.41, 5.74) is 11.3. The van der Waals surface area contributed by atoms with Crippen LogP contribution in [-0.2, 0) is 10.3 Å². The molecule has 2 aromatic carbocycles. The van der Waals surface area contributed by atoms with E-state index in [0.29, 0.717) is 18.0 Å². The summed E-state index contributed by atoms with van der Waals surface area (Å²) in [5, 5.41) is 4.54. The molecule has 0 radical (unpaired) electrons. The third-order valence-corrected chi connectivity index (χ3v) is 6.21. The number of fused-ring (bicyclic) bond motifs is 1. The lowest BCUT2D eigenvalue weighted by atomic mass is 9.72. The molecule has 34 heavy (non-hydrogen) atoms. The van der Waals surface area contributed by atoms with E-state index in [1.165, 1.54) is 7.11 Å². The largest absolute Gasteiger partial charge is 0.514 e. The van der Waals surface area contributed by atoms with E-state index in [2.05, 4.69) is 22.0 Å². The van der Waals surface area contributed by atoms with Gasteiger partial charge in [-0.25, -0.2) is 14.3 Å². The van der Waals surface area contributed by atoms with Gasteiger partial charge in [0, 0.05) is 22.7 Å². The van der Waals surface area contributed by atoms with Gasteiger partial charge in [-0.1, -0.05) is 54.6 Å². The number of nitrogens with two attached hydrogens (primary N) is 1. The summed E-state index contributed by atoms with van der Waals surface area (Å²) in [7, 11) is 1.24. The van der Waals surface area contributed by atoms with Crippen molar-refractivity contribution >= 4 is 11.8 Å². The maximum Gasteiger partial charge on any atom is 0.514 e. The fourth-order valence-electron chi connectivity index (χ4n) is 4.27. The summed E-state index contributed by atoms with van der Waals surface area (Å²) in [5.74, 6) is 0.501. The second kappa shape index (κ2) is 8.79. The second-order valence-electron chi connectivity index (χ2n) is 8.33. The zero-order chi connectivity index (χ0) is 23.7. The van der Waals surface area contributed by atoms with Crippen molar-refractivity contribution in [2.24, 2.45) is 5.73 Å². The van der Waals surface area contributed by atoms with Crippen LogP contribution in [0, 0.1) is 0 Å². The Hall–Kier alpha value is -3.91. The summed E-state index contributed by atoms with van der Waals surface area (Å²) >= 11 is 0. The van der Waals surface area contributed by atoms with Crippen LogP contribution in [0.2, 0.25) is 0 Å². The predicted octanol–water partition coefficient (Wildman–Crippen LogP) is 4.95. The Balaban J connectivity index is 1.70. The second-order valence-corrected chi connectivity index (χ2v) is 8.33. The molecule has 2 heterocycles. The van der Waals surface area contributed by atoms with Crippen molar-refractivity contribution in [2.75, 3.05) is 13.7 Å². The number of nitrogens with zero attached hydrogens (tertiary/aromatic N) is 3. The number of benzene rings is 2. The number of rotatable bonds is 6. The quantitative estimate of drug-likeness (QED) is 0.408. The number of methoxy groups -OCH3 is 1. The zero-order valence-corrected chi connectivity index (χ0v) is 19.2. The highest BCUT2D eigenvalue weighted by Crippen LogP contribution is 2.40. The number of carbonyl (C=O) groups excluding carboxylic acids is 1. The normalized spacial score (nSPS) is 14.4. The minimum atomic E-state index is -0.863. The van der Waals surface area contributed by atoms with Crippen LogP contribution in [0.15, 0.2) is 60.7 Å². The van der Waals surface area contributed by atoms with E-state index in [4.69, 9.17) is 20.2 Å². The molecule has 0 saturated heterocycles. The van der Waals surface area contributed by atoms with Crippen molar-refractivity contribution in [1.29, 1.82) is 0 Å². The molecule has 2 N–H and O–H groups in total. The van der Waals surface area contributed by atoms with Crippen LogP contribution in [0.4, 0.5) is 4.79 Å². The predicted molar refractivity (Wildman–Crippen MR) is 128 cm³/mol. The van der Waals surface area contributed by atoms with Crippen LogP contribution in [0.3, 0.4) is 0 Å². The van der Waals surface area contributed by atoms with Crippen LogP contribution in [-0.4, -0.2) is 34.5 Å². The molecule has 5 rings (SSSR count). The molecule has 0 aliphatic heterocycles. The van der Waals surface area contributed by atoms with Gasteiger partial charge in [0.1, 0.15) is 5.69 Å². The van der Waals surface area contributed by atoms with E-state index in [1.54, 1.807) is 10.6 Å². The maximum absolute atomic E-state index is 11.8. The molecular formula is C26H26N4O4. The lowest BCUT2D eigenvalue weighted by molar-refractivity contribution is 0.119. The van der Waals surface area contributed by atoms with Gasteiger partial charge in [-0.2, -0.15) is 0 Å². The Bertz CT molecular complexity index is 1330. The van der Waals surface area contributed by atoms with E-state index in [0.717, 1.165) is 47.3 Å². The van der Waals surface area contributed by atoms with E-state index in [1.807, 2.05) is 49.4 Å². The summed E-state index contributed by atoms with van der Waals surface area (Å²) in [6.45, 7) is 2.29. The molecule has 0 atom stereocenters. The summed E-state index contributed by atoms with van der Waals surface area (Å²) in [4.78, 5) is 16.7. The first kappa shape index (κ1) is 21.9. The van der Waals surface area contributed by atoms with Crippen molar-refractivity contribution in [1.82, 2.24) is 14.6 Å². The monoisotopic (exact) mass is 458 g/mol. The number of hydrogen-bond donors (Lipinski definition) is 1. The molecule has 8 heteroatoms. The first-order valence-corrected chi connectivity index (χ1v) is 11.3. The molecular weight excluding hydrogens is 432 g/mol. The molecule has 4 aromatic rings. The zero-order valence-electron chi connectivity index (χ0n) is 19.2. The number of imidazole rings is 1. The molecule has 0 bridgehead atoms. The molecule has 0 unspecified atom stereocenters. The number of aromatic nitrogens is 3. The Morgan fingerprint density at radius 1 is 1.09 bits per heavy atom. The molecule has 1 saturated carbocycles. The third-order valence-electron chi connectivity index (χ3n) is 6.21. The average molecular weight is 459 g/mol. The standard InChI is InChI=1S/C26H26N4O4/c1-3-33-20-16-21(34-25(31)32-2)29-30-23(18-8-5-4-6-9-18)22(28-24(20)30)17-10-12-19(13-11-17)26(27)14-7-15-26/h4-6,8-13,16H,3,7,14-15,27H2,1-2H3. The van der Waals surface area contributed by atoms with E-state index in [9.17, 15) is 4.79 Å². The summed E-state index contributed by atoms with van der Waals surface area (Å²) in [6.07, 6.45) is 2.30. The third kappa shape index (κ3) is 3.86. The van der Waals surface area contributed by atoms with Gasteiger partial charge < -0.3 is 19.9 Å². The fourth-order valence-corrected chi connectivity index (χ4v) is 4.27. The lowest BCUT2D eigenvalue weighted by Crippen LogP contribution is -2.43. The van der Waals surface area contributed by atoms with E-state index in [-0.39, 0.29) is 11.4 Å². The van der Waals surface area contributed by atoms with Gasteiger partial charge in [0.05, 0.1) is 19.4 Å². The lowest BCUT2D eigenvalue weighted by Gasteiger charge is -2.38. The van der Waals surface area contributed by atoms with Crippen LogP contribution in [0.1, 0.15) is 31.7 Å². The van der Waals surface area contributed by atoms with Gasteiger partial charge in [0.15, 0.2) is 11.4 Å². The fraction of sp³-hybridized carbons (Fsp3) is 0.269. The smallest absolute Gasteiger partial charge is 0.490 e. The first-order chi connectivity index (χ1) is 16.5. The Labute approximate surface area is 197 Å². The highest BCUT2D eigenvalue weighted by atomic mass is 16.7. The summed E-state index contributed by atoms with van der Waals surface area (Å²) in [6, 6.07) is 19.6. The molecule has 1 fully saturated rings. The minimum absolute atomic E-state index is 0.0503. The number of hydrogen-bond acceptors (Lipinski definition) is 7. The van der Waals surface area contributed by atoms with Crippen LogP contribution in [0.25, 0.3) is 28.2 Å². The summed E-state index contributed by atoms with van der Waals surface area (Å²) < 4.78 is 17.3. The molecule has 1 aliphatic rings. The maximum atomic E-state index is 11.8. The van der Waals surface area contributed by atoms with E-state index < -0.39 is 6.16 Å². The van der Waals surface area contributed by atoms with E-state index >= 15 is 0 Å². The number of ether oxygens (including phenoxy) is 3. The van der Waals surface area contributed by atoms with Gasteiger partial charge >= 0.3 is 6.16 Å². The van der Waals surface area contributed by atoms with Crippen molar-refractivity contribution in [3.05, 3.63) is 66.2 Å². The van der Waals surface area contributed by atoms with Gasteiger partial charge in [-0.15, -0.1) is 5.10 Å². The topological polar surface area (TPSA) is 101 Å². The Morgan fingerprint density at radius 3 is 2.44 bits per heavy atom. The molecule has 0 amide bonds. The van der Waals surface area contributed by atoms with Crippen molar-refractivity contribution in [3.8, 4) is 34.1 Å². The highest BCUT2D eigenvalue weighted by Gasteiger charge is 2.34.